The maximum atomic E-state index is 12.5. The van der Waals surface area contributed by atoms with E-state index in [1.807, 2.05) is 60.7 Å². The van der Waals surface area contributed by atoms with Crippen molar-refractivity contribution in [2.45, 2.75) is 31.5 Å². The molecule has 124 valence electrons. The minimum absolute atomic E-state index is 0.315. The second-order valence-electron chi connectivity index (χ2n) is 5.74. The van der Waals surface area contributed by atoms with Crippen molar-refractivity contribution in [3.05, 3.63) is 71.8 Å². The van der Waals surface area contributed by atoms with Crippen molar-refractivity contribution in [3.8, 4) is 0 Å². The van der Waals surface area contributed by atoms with Crippen LogP contribution in [-0.4, -0.2) is 28.1 Å². The molecular formula is C19H19NO4. The van der Waals surface area contributed by atoms with Crippen LogP contribution >= 0.6 is 0 Å². The van der Waals surface area contributed by atoms with E-state index in [9.17, 15) is 14.7 Å². The summed E-state index contributed by atoms with van der Waals surface area (Å²) in [7, 11) is 0. The molecule has 1 aliphatic rings. The van der Waals surface area contributed by atoms with Gasteiger partial charge in [0, 0.05) is 0 Å². The average Bonchev–Trinajstić information content (AvgIpc) is 2.94. The van der Waals surface area contributed by atoms with Gasteiger partial charge < -0.3 is 9.84 Å². The van der Waals surface area contributed by atoms with E-state index >= 15 is 0 Å². The summed E-state index contributed by atoms with van der Waals surface area (Å²) in [6, 6.07) is 17.5. The number of benzene rings is 2. The number of rotatable bonds is 5. The Kier molecular flexibility index (Phi) is 4.51. The zero-order chi connectivity index (χ0) is 17.1. The normalized spacial score (nSPS) is 21.4. The van der Waals surface area contributed by atoms with Gasteiger partial charge in [-0.05, 0) is 17.5 Å². The van der Waals surface area contributed by atoms with Crippen LogP contribution < -0.4 is 0 Å². The first-order chi connectivity index (χ1) is 11.6. The molecule has 3 rings (SSSR count). The first-order valence-corrected chi connectivity index (χ1v) is 7.95. The topological polar surface area (TPSA) is 66.8 Å². The van der Waals surface area contributed by atoms with E-state index in [4.69, 9.17) is 4.74 Å². The molecule has 2 aromatic rings. The van der Waals surface area contributed by atoms with E-state index in [2.05, 4.69) is 0 Å². The lowest BCUT2D eigenvalue weighted by Crippen LogP contribution is -2.43. The Balaban J connectivity index is 2.08. The monoisotopic (exact) mass is 325 g/mol. The predicted octanol–water partition coefficient (Wildman–Crippen LogP) is 3.78. The second kappa shape index (κ2) is 6.74. The van der Waals surface area contributed by atoms with Crippen molar-refractivity contribution < 1.29 is 19.4 Å². The molecule has 0 saturated carbocycles. The van der Waals surface area contributed by atoms with Gasteiger partial charge in [0.25, 0.3) is 0 Å². The van der Waals surface area contributed by atoms with Gasteiger partial charge in [-0.3, -0.25) is 4.90 Å². The van der Waals surface area contributed by atoms with Crippen LogP contribution in [0.15, 0.2) is 60.7 Å². The Labute approximate surface area is 140 Å². The van der Waals surface area contributed by atoms with Gasteiger partial charge in [-0.1, -0.05) is 67.6 Å². The number of ether oxygens (including phenoxy) is 1. The lowest BCUT2D eigenvalue weighted by Gasteiger charge is -2.29. The number of cyclic esters (lactones) is 1. The largest absolute Gasteiger partial charge is 0.480 e. The van der Waals surface area contributed by atoms with Crippen LogP contribution in [0.4, 0.5) is 4.79 Å². The van der Waals surface area contributed by atoms with Crippen LogP contribution in [0.25, 0.3) is 0 Å². The van der Waals surface area contributed by atoms with Gasteiger partial charge in [0.05, 0.1) is 0 Å². The number of aliphatic carboxylic acids is 1. The Morgan fingerprint density at radius 3 is 2.12 bits per heavy atom. The van der Waals surface area contributed by atoms with Crippen LogP contribution in [0, 0.1) is 0 Å². The summed E-state index contributed by atoms with van der Waals surface area (Å²) in [5.41, 5.74) is 1.71. The molecule has 3 atom stereocenters. The molecular weight excluding hydrogens is 306 g/mol. The van der Waals surface area contributed by atoms with Crippen LogP contribution in [0.3, 0.4) is 0 Å². The molecule has 1 aliphatic heterocycles. The van der Waals surface area contributed by atoms with E-state index in [0.717, 1.165) is 11.1 Å². The minimum Gasteiger partial charge on any atom is -0.480 e. The summed E-state index contributed by atoms with van der Waals surface area (Å²) in [4.78, 5) is 25.5. The number of nitrogens with zero attached hydrogens (tertiary/aromatic N) is 1. The van der Waals surface area contributed by atoms with Crippen molar-refractivity contribution in [1.29, 1.82) is 0 Å². The van der Waals surface area contributed by atoms with Crippen molar-refractivity contribution in [1.82, 2.24) is 4.90 Å². The van der Waals surface area contributed by atoms with Crippen LogP contribution in [0.1, 0.15) is 36.6 Å². The summed E-state index contributed by atoms with van der Waals surface area (Å²) in [6.45, 7) is 1.75. The first kappa shape index (κ1) is 16.1. The van der Waals surface area contributed by atoms with Gasteiger partial charge in [-0.25, -0.2) is 9.59 Å². The molecule has 1 fully saturated rings. The Bertz CT molecular complexity index is 717. The summed E-state index contributed by atoms with van der Waals surface area (Å²) in [5.74, 6) is -1.02. The molecule has 0 spiro atoms. The lowest BCUT2D eigenvalue weighted by molar-refractivity contribution is -0.142. The van der Waals surface area contributed by atoms with Gasteiger partial charge in [0.1, 0.15) is 12.1 Å². The van der Waals surface area contributed by atoms with Gasteiger partial charge in [0.2, 0.25) is 0 Å². The van der Waals surface area contributed by atoms with E-state index in [1.165, 1.54) is 4.90 Å². The molecule has 0 radical (unpaired) electrons. The zero-order valence-electron chi connectivity index (χ0n) is 13.3. The lowest BCUT2D eigenvalue weighted by atomic mass is 9.94. The van der Waals surface area contributed by atoms with Gasteiger partial charge in [-0.15, -0.1) is 0 Å². The number of hydrogen-bond donors (Lipinski definition) is 1. The maximum absolute atomic E-state index is 12.5. The number of carbonyl (C=O) groups excluding carboxylic acids is 1. The van der Waals surface area contributed by atoms with Gasteiger partial charge in [-0.2, -0.15) is 0 Å². The Morgan fingerprint density at radius 2 is 1.62 bits per heavy atom. The number of carbonyl (C=O) groups is 2. The van der Waals surface area contributed by atoms with Crippen LogP contribution in [-0.2, 0) is 9.53 Å². The molecule has 5 heteroatoms. The Morgan fingerprint density at radius 1 is 1.08 bits per heavy atom. The summed E-state index contributed by atoms with van der Waals surface area (Å²) < 4.78 is 5.58. The molecule has 5 nitrogen and oxygen atoms in total. The van der Waals surface area contributed by atoms with E-state index in [-0.39, 0.29) is 0 Å². The summed E-state index contributed by atoms with van der Waals surface area (Å²) in [6.07, 6.45) is -0.809. The molecule has 24 heavy (non-hydrogen) atoms. The van der Waals surface area contributed by atoms with Crippen molar-refractivity contribution in [2.75, 3.05) is 0 Å². The van der Waals surface area contributed by atoms with E-state index in [0.29, 0.717) is 6.42 Å². The van der Waals surface area contributed by atoms with Crippen LogP contribution in [0.5, 0.6) is 0 Å². The highest BCUT2D eigenvalue weighted by atomic mass is 16.6. The van der Waals surface area contributed by atoms with Gasteiger partial charge in [0.15, 0.2) is 6.10 Å². The molecule has 3 unspecified atom stereocenters. The summed E-state index contributed by atoms with van der Waals surface area (Å²) >= 11 is 0. The fourth-order valence-corrected chi connectivity index (χ4v) is 3.18. The number of carboxylic acid groups (broad SMARTS) is 1. The maximum Gasteiger partial charge on any atom is 0.411 e. The van der Waals surface area contributed by atoms with Crippen molar-refractivity contribution in [2.24, 2.45) is 0 Å². The molecule has 1 amide bonds. The predicted molar refractivity (Wildman–Crippen MR) is 88.4 cm³/mol. The highest BCUT2D eigenvalue weighted by Crippen LogP contribution is 2.44. The molecule has 2 aromatic carbocycles. The van der Waals surface area contributed by atoms with E-state index in [1.54, 1.807) is 6.92 Å². The summed E-state index contributed by atoms with van der Waals surface area (Å²) in [5, 5.41) is 9.52. The highest BCUT2D eigenvalue weighted by molar-refractivity contribution is 5.81. The standard InChI is InChI=1S/C19H19NO4/c1-2-15(18(21)22)20-16(13-9-5-3-6-10-13)17(24-19(20)23)14-11-7-4-8-12-14/h3-12,15-17H,2H2,1H3,(H,21,22). The third kappa shape index (κ3) is 2.85. The fourth-order valence-electron chi connectivity index (χ4n) is 3.18. The molecule has 0 aliphatic carbocycles. The van der Waals surface area contributed by atoms with Crippen LogP contribution in [0.2, 0.25) is 0 Å². The molecule has 1 heterocycles. The smallest absolute Gasteiger partial charge is 0.411 e. The fraction of sp³-hybridized carbons (Fsp3) is 0.263. The number of amides is 1. The molecule has 1 saturated heterocycles. The third-order valence-electron chi connectivity index (χ3n) is 4.30. The SMILES string of the molecule is CCC(C(=O)O)N1C(=O)OC(c2ccccc2)C1c1ccccc1. The number of carboxylic acids is 1. The molecule has 0 aromatic heterocycles. The quantitative estimate of drug-likeness (QED) is 0.908. The zero-order valence-corrected chi connectivity index (χ0v) is 13.3. The van der Waals surface area contributed by atoms with Crippen molar-refractivity contribution in [3.63, 3.8) is 0 Å². The van der Waals surface area contributed by atoms with Crippen molar-refractivity contribution >= 4 is 12.1 Å². The second-order valence-corrected chi connectivity index (χ2v) is 5.74. The molecule has 1 N–H and O–H groups in total. The average molecular weight is 325 g/mol. The Hall–Kier alpha value is -2.82. The first-order valence-electron chi connectivity index (χ1n) is 7.95. The van der Waals surface area contributed by atoms with E-state index < -0.39 is 30.3 Å². The number of hydrogen-bond acceptors (Lipinski definition) is 3. The van der Waals surface area contributed by atoms with Gasteiger partial charge >= 0.3 is 12.1 Å². The third-order valence-corrected chi connectivity index (χ3v) is 4.30. The minimum atomic E-state index is -1.02. The highest BCUT2D eigenvalue weighted by Gasteiger charge is 2.48. The molecule has 0 bridgehead atoms.